The van der Waals surface area contributed by atoms with Crippen LogP contribution in [0.4, 0.5) is 0 Å². The Morgan fingerprint density at radius 2 is 1.62 bits per heavy atom. The third-order valence-electron chi connectivity index (χ3n) is 4.83. The van der Waals surface area contributed by atoms with Crippen LogP contribution in [-0.4, -0.2) is 69.3 Å². The first-order chi connectivity index (χ1) is 12.4. The highest BCUT2D eigenvalue weighted by molar-refractivity contribution is 9.10. The third kappa shape index (κ3) is 6.26. The minimum Gasteiger partial charge on any atom is -0.508 e. The van der Waals surface area contributed by atoms with E-state index in [1.165, 1.54) is 38.8 Å². The van der Waals surface area contributed by atoms with Crippen molar-refractivity contribution in [2.45, 2.75) is 38.3 Å². The van der Waals surface area contributed by atoms with Crippen molar-refractivity contribution < 1.29 is 24.9 Å². The predicted molar refractivity (Wildman–Crippen MR) is 100 cm³/mol. The summed E-state index contributed by atoms with van der Waals surface area (Å²) in [5.74, 6) is -3.24. The van der Waals surface area contributed by atoms with Crippen LogP contribution in [0.1, 0.15) is 31.2 Å². The molecule has 0 unspecified atom stereocenters. The van der Waals surface area contributed by atoms with E-state index in [0.717, 1.165) is 35.7 Å². The number of carbonyl (C=O) groups is 2. The Bertz CT molecular complexity index is 614. The molecule has 144 valence electrons. The molecular weight excluding hydrogens is 404 g/mol. The van der Waals surface area contributed by atoms with Gasteiger partial charge in [0.25, 0.3) is 0 Å². The van der Waals surface area contributed by atoms with Crippen molar-refractivity contribution in [3.05, 3.63) is 28.2 Å². The van der Waals surface area contributed by atoms with Gasteiger partial charge in [-0.3, -0.25) is 4.90 Å². The molecule has 0 atom stereocenters. The van der Waals surface area contributed by atoms with Gasteiger partial charge in [-0.15, -0.1) is 0 Å². The molecule has 3 rings (SSSR count). The van der Waals surface area contributed by atoms with Crippen molar-refractivity contribution in [3.8, 4) is 5.75 Å². The molecule has 1 aromatic carbocycles. The van der Waals surface area contributed by atoms with Crippen LogP contribution in [0.2, 0.25) is 0 Å². The summed E-state index contributed by atoms with van der Waals surface area (Å²) in [4.78, 5) is 23.3. The van der Waals surface area contributed by atoms with E-state index in [1.807, 2.05) is 12.1 Å². The Balaban J connectivity index is 0.000000352. The van der Waals surface area contributed by atoms with Crippen molar-refractivity contribution >= 4 is 27.9 Å². The first kappa shape index (κ1) is 20.7. The Morgan fingerprint density at radius 3 is 2.15 bits per heavy atom. The molecule has 0 spiro atoms. The number of hydrogen-bond donors (Lipinski definition) is 3. The summed E-state index contributed by atoms with van der Waals surface area (Å²) in [6.07, 6.45) is 5.31. The van der Waals surface area contributed by atoms with Gasteiger partial charge >= 0.3 is 11.9 Å². The van der Waals surface area contributed by atoms with Crippen LogP contribution in [0.15, 0.2) is 22.7 Å². The highest BCUT2D eigenvalue weighted by Gasteiger charge is 2.26. The molecule has 0 amide bonds. The Labute approximate surface area is 161 Å². The molecule has 2 aliphatic heterocycles. The highest BCUT2D eigenvalue weighted by Crippen LogP contribution is 2.26. The number of aliphatic carboxylic acids is 2. The van der Waals surface area contributed by atoms with Crippen LogP contribution >= 0.6 is 15.9 Å². The normalized spacial score (nSPS) is 19.0. The number of rotatable bonds is 3. The van der Waals surface area contributed by atoms with E-state index in [4.69, 9.17) is 19.8 Å². The standard InChI is InChI=1S/C16H23BrN2O.C2H2O4/c17-14-3-4-16(20)13(11-14)12-18-9-5-15(6-10-18)19-7-1-2-8-19;3-1(4)2(5)6/h3-4,11,15,20H,1-2,5-10,12H2;(H,3,4)(H,5,6). The molecule has 0 radical (unpaired) electrons. The van der Waals surface area contributed by atoms with Crippen molar-refractivity contribution in [1.29, 1.82) is 0 Å². The largest absolute Gasteiger partial charge is 0.508 e. The smallest absolute Gasteiger partial charge is 0.414 e. The number of hydrogen-bond acceptors (Lipinski definition) is 5. The maximum absolute atomic E-state index is 9.93. The summed E-state index contributed by atoms with van der Waals surface area (Å²) in [5.41, 5.74) is 1.03. The SMILES string of the molecule is O=C(O)C(=O)O.Oc1ccc(Br)cc1CN1CCC(N2CCCC2)CC1. The maximum atomic E-state index is 9.93. The van der Waals surface area contributed by atoms with Crippen LogP contribution in [0.25, 0.3) is 0 Å². The molecule has 3 N–H and O–H groups in total. The fraction of sp³-hybridized carbons (Fsp3) is 0.556. The summed E-state index contributed by atoms with van der Waals surface area (Å²) in [5, 5.41) is 24.7. The van der Waals surface area contributed by atoms with Crippen molar-refractivity contribution in [3.63, 3.8) is 0 Å². The van der Waals surface area contributed by atoms with E-state index in [2.05, 4.69) is 25.7 Å². The van der Waals surface area contributed by atoms with E-state index >= 15 is 0 Å². The first-order valence-corrected chi connectivity index (χ1v) is 9.56. The van der Waals surface area contributed by atoms with Crippen LogP contribution in [0.5, 0.6) is 5.75 Å². The fourth-order valence-corrected chi connectivity index (χ4v) is 3.88. The second-order valence-corrected chi connectivity index (χ2v) is 7.55. The van der Waals surface area contributed by atoms with Crippen molar-refractivity contribution in [2.75, 3.05) is 26.2 Å². The number of benzene rings is 1. The lowest BCUT2D eigenvalue weighted by molar-refractivity contribution is -0.159. The van der Waals surface area contributed by atoms with Gasteiger partial charge in [0.15, 0.2) is 0 Å². The Kier molecular flexibility index (Phi) is 7.86. The molecule has 26 heavy (non-hydrogen) atoms. The van der Waals surface area contributed by atoms with E-state index in [9.17, 15) is 5.11 Å². The van der Waals surface area contributed by atoms with Gasteiger partial charge in [-0.1, -0.05) is 15.9 Å². The number of likely N-dealkylation sites (tertiary alicyclic amines) is 2. The quantitative estimate of drug-likeness (QED) is 0.635. The van der Waals surface area contributed by atoms with Crippen LogP contribution in [0.3, 0.4) is 0 Å². The number of carboxylic acid groups (broad SMARTS) is 2. The number of piperidine rings is 1. The van der Waals surface area contributed by atoms with E-state index in [1.54, 1.807) is 6.07 Å². The average molecular weight is 429 g/mol. The average Bonchev–Trinajstić information content (AvgIpc) is 3.14. The van der Waals surface area contributed by atoms with Crippen LogP contribution < -0.4 is 0 Å². The Morgan fingerprint density at radius 1 is 1.04 bits per heavy atom. The van der Waals surface area contributed by atoms with Gasteiger partial charge < -0.3 is 20.2 Å². The number of phenols is 1. The molecule has 0 saturated carbocycles. The number of aromatic hydroxyl groups is 1. The van der Waals surface area contributed by atoms with Gasteiger partial charge in [-0.25, -0.2) is 9.59 Å². The molecular formula is C18H25BrN2O5. The van der Waals surface area contributed by atoms with Gasteiger partial charge in [-0.05, 0) is 70.1 Å². The zero-order valence-corrected chi connectivity index (χ0v) is 16.2. The molecule has 0 aromatic heterocycles. The van der Waals surface area contributed by atoms with Gasteiger partial charge in [0.1, 0.15) is 5.75 Å². The summed E-state index contributed by atoms with van der Waals surface area (Å²) < 4.78 is 1.04. The zero-order valence-electron chi connectivity index (χ0n) is 14.6. The van der Waals surface area contributed by atoms with Crippen LogP contribution in [0, 0.1) is 0 Å². The maximum Gasteiger partial charge on any atom is 0.414 e. The molecule has 2 aliphatic rings. The predicted octanol–water partition coefficient (Wildman–Crippen LogP) is 2.37. The minimum atomic E-state index is -1.82. The van der Waals surface area contributed by atoms with Gasteiger partial charge in [-0.2, -0.15) is 0 Å². The van der Waals surface area contributed by atoms with Crippen molar-refractivity contribution in [1.82, 2.24) is 9.80 Å². The lowest BCUT2D eigenvalue weighted by Crippen LogP contribution is -2.43. The van der Waals surface area contributed by atoms with Gasteiger partial charge in [0.05, 0.1) is 0 Å². The lowest BCUT2D eigenvalue weighted by atomic mass is 10.0. The minimum absolute atomic E-state index is 0.412. The highest BCUT2D eigenvalue weighted by atomic mass is 79.9. The first-order valence-electron chi connectivity index (χ1n) is 8.77. The second-order valence-electron chi connectivity index (χ2n) is 6.63. The molecule has 2 fully saturated rings. The molecule has 7 nitrogen and oxygen atoms in total. The Hall–Kier alpha value is -1.64. The van der Waals surface area contributed by atoms with Crippen molar-refractivity contribution in [2.24, 2.45) is 0 Å². The number of halogens is 1. The summed E-state index contributed by atoms with van der Waals surface area (Å²) in [7, 11) is 0. The van der Waals surface area contributed by atoms with E-state index < -0.39 is 11.9 Å². The third-order valence-corrected chi connectivity index (χ3v) is 5.33. The molecule has 2 heterocycles. The van der Waals surface area contributed by atoms with E-state index in [0.29, 0.717) is 5.75 Å². The number of carboxylic acids is 2. The molecule has 8 heteroatoms. The van der Waals surface area contributed by atoms with Crippen LogP contribution in [-0.2, 0) is 16.1 Å². The second kappa shape index (κ2) is 9.89. The molecule has 1 aromatic rings. The summed E-state index contributed by atoms with van der Waals surface area (Å²) in [6, 6.07) is 6.49. The monoisotopic (exact) mass is 428 g/mol. The molecule has 0 aliphatic carbocycles. The summed E-state index contributed by atoms with van der Waals surface area (Å²) >= 11 is 3.48. The molecule has 2 saturated heterocycles. The number of nitrogens with zero attached hydrogens (tertiary/aromatic N) is 2. The summed E-state index contributed by atoms with van der Waals surface area (Å²) in [6.45, 7) is 5.76. The topological polar surface area (TPSA) is 101 Å². The van der Waals surface area contributed by atoms with Gasteiger partial charge in [0.2, 0.25) is 0 Å². The lowest BCUT2D eigenvalue weighted by Gasteiger charge is -2.36. The van der Waals surface area contributed by atoms with Gasteiger partial charge in [0, 0.05) is 22.6 Å². The number of phenolic OH excluding ortho intramolecular Hbond substituents is 1. The fourth-order valence-electron chi connectivity index (χ4n) is 3.47. The molecule has 0 bridgehead atoms. The zero-order chi connectivity index (χ0) is 19.1. The van der Waals surface area contributed by atoms with E-state index in [-0.39, 0.29) is 0 Å².